The minimum Gasteiger partial charge on any atom is -0.454 e. The number of benzene rings is 2. The summed E-state index contributed by atoms with van der Waals surface area (Å²) >= 11 is 0. The fourth-order valence-corrected chi connectivity index (χ4v) is 2.10. The van der Waals surface area contributed by atoms with Crippen LogP contribution < -0.4 is 10.5 Å². The van der Waals surface area contributed by atoms with Crippen LogP contribution >= 0.6 is 0 Å². The number of hydrogen-bond donors (Lipinski definition) is 1. The summed E-state index contributed by atoms with van der Waals surface area (Å²) in [7, 11) is 0. The maximum absolute atomic E-state index is 14.0. The molecule has 0 aliphatic carbocycles. The van der Waals surface area contributed by atoms with E-state index < -0.39 is 0 Å². The van der Waals surface area contributed by atoms with E-state index in [1.54, 1.807) is 6.07 Å². The summed E-state index contributed by atoms with van der Waals surface area (Å²) in [6.45, 7) is 6.96. The number of rotatable bonds is 4. The van der Waals surface area contributed by atoms with Gasteiger partial charge in [0.1, 0.15) is 5.75 Å². The van der Waals surface area contributed by atoms with E-state index in [0.29, 0.717) is 18.7 Å². The molecular formula is C18H22FNO. The second kappa shape index (κ2) is 6.27. The van der Waals surface area contributed by atoms with Gasteiger partial charge in [-0.25, -0.2) is 4.39 Å². The molecule has 0 saturated heterocycles. The minimum absolute atomic E-state index is 0.0909. The van der Waals surface area contributed by atoms with E-state index >= 15 is 0 Å². The molecule has 0 heterocycles. The van der Waals surface area contributed by atoms with Gasteiger partial charge in [0.15, 0.2) is 11.6 Å². The SMILES string of the molecule is CC(C)(C)c1ccc(Oc2ccc(CCN)cc2F)cc1. The Bertz CT molecular complexity index is 600. The van der Waals surface area contributed by atoms with E-state index in [1.807, 2.05) is 30.3 Å². The van der Waals surface area contributed by atoms with Crippen molar-refractivity contribution in [1.29, 1.82) is 0 Å². The highest BCUT2D eigenvalue weighted by Gasteiger charge is 2.13. The molecule has 3 heteroatoms. The minimum atomic E-state index is -0.360. The zero-order valence-electron chi connectivity index (χ0n) is 12.8. The Balaban J connectivity index is 2.15. The van der Waals surface area contributed by atoms with Crippen molar-refractivity contribution in [3.8, 4) is 11.5 Å². The fourth-order valence-electron chi connectivity index (χ4n) is 2.10. The molecule has 0 fully saturated rings. The van der Waals surface area contributed by atoms with Gasteiger partial charge in [0.05, 0.1) is 0 Å². The second-order valence-corrected chi connectivity index (χ2v) is 6.18. The average Bonchev–Trinajstić information content (AvgIpc) is 2.42. The quantitative estimate of drug-likeness (QED) is 0.903. The summed E-state index contributed by atoms with van der Waals surface area (Å²) in [4.78, 5) is 0. The van der Waals surface area contributed by atoms with Crippen molar-refractivity contribution in [2.75, 3.05) is 6.54 Å². The molecule has 2 rings (SSSR count). The largest absolute Gasteiger partial charge is 0.454 e. The van der Waals surface area contributed by atoms with E-state index in [4.69, 9.17) is 10.5 Å². The molecule has 0 spiro atoms. The van der Waals surface area contributed by atoms with Crippen LogP contribution in [0.15, 0.2) is 42.5 Å². The van der Waals surface area contributed by atoms with E-state index in [0.717, 1.165) is 5.56 Å². The topological polar surface area (TPSA) is 35.2 Å². The van der Waals surface area contributed by atoms with Gasteiger partial charge in [-0.3, -0.25) is 0 Å². The predicted molar refractivity (Wildman–Crippen MR) is 84.4 cm³/mol. The molecule has 0 radical (unpaired) electrons. The van der Waals surface area contributed by atoms with Crippen LogP contribution in [-0.4, -0.2) is 6.54 Å². The summed E-state index contributed by atoms with van der Waals surface area (Å²) in [6, 6.07) is 12.7. The zero-order chi connectivity index (χ0) is 15.5. The Hall–Kier alpha value is -1.87. The van der Waals surface area contributed by atoms with Crippen LogP contribution in [0.1, 0.15) is 31.9 Å². The molecule has 0 bridgehead atoms. The lowest BCUT2D eigenvalue weighted by atomic mass is 9.87. The third kappa shape index (κ3) is 4.05. The third-order valence-electron chi connectivity index (χ3n) is 3.38. The first-order valence-electron chi connectivity index (χ1n) is 7.17. The molecule has 2 aromatic carbocycles. The Kier molecular flexibility index (Phi) is 4.63. The zero-order valence-corrected chi connectivity index (χ0v) is 12.8. The van der Waals surface area contributed by atoms with Gasteiger partial charge in [-0.15, -0.1) is 0 Å². The smallest absolute Gasteiger partial charge is 0.165 e. The van der Waals surface area contributed by atoms with Crippen molar-refractivity contribution in [3.63, 3.8) is 0 Å². The Morgan fingerprint density at radius 2 is 1.71 bits per heavy atom. The lowest BCUT2D eigenvalue weighted by Crippen LogP contribution is -2.10. The molecule has 2 aromatic rings. The van der Waals surface area contributed by atoms with Gasteiger partial charge in [-0.05, 0) is 53.8 Å². The first-order valence-corrected chi connectivity index (χ1v) is 7.17. The highest BCUT2D eigenvalue weighted by atomic mass is 19.1. The van der Waals surface area contributed by atoms with Crippen molar-refractivity contribution < 1.29 is 9.13 Å². The van der Waals surface area contributed by atoms with E-state index in [1.165, 1.54) is 11.6 Å². The molecule has 2 N–H and O–H groups in total. The molecular weight excluding hydrogens is 265 g/mol. The average molecular weight is 287 g/mol. The Morgan fingerprint density at radius 3 is 2.24 bits per heavy atom. The van der Waals surface area contributed by atoms with Gasteiger partial charge in [-0.1, -0.05) is 39.0 Å². The van der Waals surface area contributed by atoms with Crippen molar-refractivity contribution in [1.82, 2.24) is 0 Å². The molecule has 0 unspecified atom stereocenters. The van der Waals surface area contributed by atoms with Gasteiger partial charge >= 0.3 is 0 Å². The van der Waals surface area contributed by atoms with Crippen LogP contribution in [0.3, 0.4) is 0 Å². The van der Waals surface area contributed by atoms with E-state index in [2.05, 4.69) is 20.8 Å². The van der Waals surface area contributed by atoms with Crippen molar-refractivity contribution >= 4 is 0 Å². The Labute approximate surface area is 125 Å². The summed E-state index contributed by atoms with van der Waals surface area (Å²) in [5.41, 5.74) is 7.65. The number of ether oxygens (including phenoxy) is 1. The summed E-state index contributed by atoms with van der Waals surface area (Å²) < 4.78 is 19.6. The maximum atomic E-state index is 14.0. The van der Waals surface area contributed by atoms with Crippen molar-refractivity contribution in [2.45, 2.75) is 32.6 Å². The normalized spacial score (nSPS) is 11.5. The summed E-state index contributed by atoms with van der Waals surface area (Å²) in [6.07, 6.45) is 0.664. The molecule has 0 aliphatic rings. The van der Waals surface area contributed by atoms with Crippen molar-refractivity contribution in [2.24, 2.45) is 5.73 Å². The summed E-state index contributed by atoms with van der Waals surface area (Å²) in [5.74, 6) is 0.508. The first-order chi connectivity index (χ1) is 9.90. The molecule has 0 atom stereocenters. The maximum Gasteiger partial charge on any atom is 0.165 e. The molecule has 2 nitrogen and oxygen atoms in total. The fraction of sp³-hybridized carbons (Fsp3) is 0.333. The van der Waals surface area contributed by atoms with Crippen LogP contribution in [0, 0.1) is 5.82 Å². The van der Waals surface area contributed by atoms with Gasteiger partial charge in [0.25, 0.3) is 0 Å². The van der Waals surface area contributed by atoms with Crippen LogP contribution in [0.4, 0.5) is 4.39 Å². The Morgan fingerprint density at radius 1 is 1.05 bits per heavy atom. The number of nitrogens with two attached hydrogens (primary N) is 1. The standard InChI is InChI=1S/C18H22FNO/c1-18(2,3)14-5-7-15(8-6-14)21-17-9-4-13(10-11-20)12-16(17)19/h4-9,12H,10-11,20H2,1-3H3. The van der Waals surface area contributed by atoms with Gasteiger partial charge < -0.3 is 10.5 Å². The monoisotopic (exact) mass is 287 g/mol. The van der Waals surface area contributed by atoms with Crippen LogP contribution in [0.25, 0.3) is 0 Å². The summed E-state index contributed by atoms with van der Waals surface area (Å²) in [5, 5.41) is 0. The highest BCUT2D eigenvalue weighted by Crippen LogP contribution is 2.28. The number of halogens is 1. The van der Waals surface area contributed by atoms with Crippen LogP contribution in [0.2, 0.25) is 0 Å². The molecule has 112 valence electrons. The molecule has 0 amide bonds. The second-order valence-electron chi connectivity index (χ2n) is 6.18. The van der Waals surface area contributed by atoms with Crippen molar-refractivity contribution in [3.05, 3.63) is 59.4 Å². The van der Waals surface area contributed by atoms with E-state index in [9.17, 15) is 4.39 Å². The molecule has 0 aliphatic heterocycles. The highest BCUT2D eigenvalue weighted by molar-refractivity contribution is 5.37. The lowest BCUT2D eigenvalue weighted by Gasteiger charge is -2.19. The molecule has 21 heavy (non-hydrogen) atoms. The van der Waals surface area contributed by atoms with Gasteiger partial charge in [0.2, 0.25) is 0 Å². The lowest BCUT2D eigenvalue weighted by molar-refractivity contribution is 0.441. The van der Waals surface area contributed by atoms with Crippen LogP contribution in [0.5, 0.6) is 11.5 Å². The van der Waals surface area contributed by atoms with Crippen LogP contribution in [-0.2, 0) is 11.8 Å². The van der Waals surface area contributed by atoms with Gasteiger partial charge in [-0.2, -0.15) is 0 Å². The third-order valence-corrected chi connectivity index (χ3v) is 3.38. The van der Waals surface area contributed by atoms with Gasteiger partial charge in [0, 0.05) is 0 Å². The number of hydrogen-bond acceptors (Lipinski definition) is 2. The molecule has 0 saturated carbocycles. The first kappa shape index (κ1) is 15.5. The predicted octanol–water partition coefficient (Wildman–Crippen LogP) is 4.42. The van der Waals surface area contributed by atoms with E-state index in [-0.39, 0.29) is 17.0 Å². The molecule has 0 aromatic heterocycles.